The van der Waals surface area contributed by atoms with Crippen molar-refractivity contribution in [1.82, 2.24) is 10.2 Å². The summed E-state index contributed by atoms with van der Waals surface area (Å²) in [6.45, 7) is 5.53. The van der Waals surface area contributed by atoms with Crippen LogP contribution in [-0.2, 0) is 26.2 Å². The Hall–Kier alpha value is -3.47. The molecule has 238 valence electrons. The molecular weight excluding hydrogens is 625 g/mol. The molecule has 1 N–H and O–H groups in total. The molecule has 0 saturated carbocycles. The molecule has 12 heteroatoms. The van der Waals surface area contributed by atoms with Gasteiger partial charge in [-0.2, -0.15) is 0 Å². The molecule has 0 aliphatic carbocycles. The maximum Gasteiger partial charge on any atom is 0.264 e. The van der Waals surface area contributed by atoms with Crippen LogP contribution in [0.3, 0.4) is 0 Å². The number of amides is 2. The summed E-state index contributed by atoms with van der Waals surface area (Å²) >= 11 is 12.4. The monoisotopic (exact) mass is 663 g/mol. The van der Waals surface area contributed by atoms with Gasteiger partial charge in [-0.05, 0) is 61.7 Å². The summed E-state index contributed by atoms with van der Waals surface area (Å²) in [5.41, 5.74) is 1.70. The summed E-state index contributed by atoms with van der Waals surface area (Å²) in [6.07, 6.45) is 1.97. The fourth-order valence-corrected chi connectivity index (χ4v) is 6.33. The molecule has 3 aromatic carbocycles. The fourth-order valence-electron chi connectivity index (χ4n) is 4.61. The maximum atomic E-state index is 14.3. The second-order valence-electron chi connectivity index (χ2n) is 10.2. The van der Waals surface area contributed by atoms with E-state index in [1.54, 1.807) is 49.4 Å². The van der Waals surface area contributed by atoms with E-state index < -0.39 is 28.5 Å². The van der Waals surface area contributed by atoms with E-state index in [9.17, 15) is 18.0 Å². The quantitative estimate of drug-likeness (QED) is 0.193. The average Bonchev–Trinajstić information content (AvgIpc) is 3.01. The van der Waals surface area contributed by atoms with Crippen molar-refractivity contribution < 1.29 is 27.5 Å². The topological polar surface area (TPSA) is 105 Å². The lowest BCUT2D eigenvalue weighted by Gasteiger charge is -2.33. The number of sulfonamides is 1. The van der Waals surface area contributed by atoms with E-state index in [4.69, 9.17) is 32.7 Å². The highest BCUT2D eigenvalue weighted by Gasteiger charge is 2.34. The highest BCUT2D eigenvalue weighted by Crippen LogP contribution is 2.34. The summed E-state index contributed by atoms with van der Waals surface area (Å²) in [6, 6.07) is 15.0. The summed E-state index contributed by atoms with van der Waals surface area (Å²) < 4.78 is 40.0. The summed E-state index contributed by atoms with van der Waals surface area (Å²) in [5.74, 6) is -0.227. The van der Waals surface area contributed by atoms with Gasteiger partial charge in [0.1, 0.15) is 12.6 Å². The Labute approximate surface area is 270 Å². The van der Waals surface area contributed by atoms with Gasteiger partial charge >= 0.3 is 0 Å². The number of rotatable bonds is 15. The number of carbonyl (C=O) groups excluding carboxylic acids is 2. The minimum absolute atomic E-state index is 0.000219. The van der Waals surface area contributed by atoms with Crippen LogP contribution in [0.1, 0.15) is 44.2 Å². The van der Waals surface area contributed by atoms with E-state index in [1.165, 1.54) is 37.3 Å². The highest BCUT2D eigenvalue weighted by atomic mass is 35.5. The standard InChI is InChI=1S/C32H39Cl2N3O6S/c1-6-8-17-35-32(39)28(7-2)36(20-23-11-15-26(33)27(34)18-23)31(38)21-37(24-12-16-29(42-4)30(19-24)43-5)44(40,41)25-13-9-22(3)10-14-25/h9-16,18-19,28H,6-8,17,20-21H2,1-5H3,(H,35,39). The number of hydrogen-bond acceptors (Lipinski definition) is 6. The Morgan fingerprint density at radius 2 is 1.59 bits per heavy atom. The van der Waals surface area contributed by atoms with Crippen LogP contribution in [0.5, 0.6) is 11.5 Å². The number of ether oxygens (including phenoxy) is 2. The van der Waals surface area contributed by atoms with Gasteiger partial charge in [0.2, 0.25) is 11.8 Å². The number of halogens is 2. The SMILES string of the molecule is CCCCNC(=O)C(CC)N(Cc1ccc(Cl)c(Cl)c1)C(=O)CN(c1ccc(OC)c(OC)c1)S(=O)(=O)c1ccc(C)cc1. The van der Waals surface area contributed by atoms with Gasteiger partial charge in [0, 0.05) is 19.2 Å². The van der Waals surface area contributed by atoms with Gasteiger partial charge in [-0.3, -0.25) is 13.9 Å². The van der Waals surface area contributed by atoms with Gasteiger partial charge in [0.25, 0.3) is 10.0 Å². The van der Waals surface area contributed by atoms with E-state index in [1.807, 2.05) is 13.8 Å². The molecule has 0 aliphatic heterocycles. The first kappa shape index (κ1) is 35.0. The first-order valence-corrected chi connectivity index (χ1v) is 16.5. The third-order valence-corrected chi connectivity index (χ3v) is 9.62. The number of aryl methyl sites for hydroxylation is 1. The Morgan fingerprint density at radius 1 is 0.909 bits per heavy atom. The van der Waals surface area contributed by atoms with Crippen molar-refractivity contribution in [3.8, 4) is 11.5 Å². The molecule has 3 rings (SSSR count). The highest BCUT2D eigenvalue weighted by molar-refractivity contribution is 7.92. The van der Waals surface area contributed by atoms with Gasteiger partial charge in [0.15, 0.2) is 11.5 Å². The van der Waals surface area contributed by atoms with Gasteiger partial charge in [-0.15, -0.1) is 0 Å². The molecule has 9 nitrogen and oxygen atoms in total. The third kappa shape index (κ3) is 8.58. The normalized spacial score (nSPS) is 11.9. The number of nitrogens with one attached hydrogen (secondary N) is 1. The number of benzene rings is 3. The van der Waals surface area contributed by atoms with Gasteiger partial charge in [-0.25, -0.2) is 8.42 Å². The van der Waals surface area contributed by atoms with Crippen molar-refractivity contribution in [2.24, 2.45) is 0 Å². The molecule has 3 aromatic rings. The van der Waals surface area contributed by atoms with E-state index in [0.29, 0.717) is 34.3 Å². The van der Waals surface area contributed by atoms with Crippen molar-refractivity contribution in [3.63, 3.8) is 0 Å². The lowest BCUT2D eigenvalue weighted by Crippen LogP contribution is -2.52. The Bertz CT molecular complexity index is 1550. The number of methoxy groups -OCH3 is 2. The number of carbonyl (C=O) groups is 2. The Kier molecular flexibility index (Phi) is 12.7. The second-order valence-corrected chi connectivity index (χ2v) is 12.9. The third-order valence-electron chi connectivity index (χ3n) is 7.10. The lowest BCUT2D eigenvalue weighted by molar-refractivity contribution is -0.140. The van der Waals surface area contributed by atoms with Crippen molar-refractivity contribution >= 4 is 50.7 Å². The molecule has 0 radical (unpaired) electrons. The first-order chi connectivity index (χ1) is 21.0. The molecule has 0 aliphatic rings. The Balaban J connectivity index is 2.11. The predicted molar refractivity (Wildman–Crippen MR) is 174 cm³/mol. The molecule has 0 bridgehead atoms. The van der Waals surface area contributed by atoms with Crippen LogP contribution in [0.4, 0.5) is 5.69 Å². The number of nitrogens with zero attached hydrogens (tertiary/aromatic N) is 2. The van der Waals surface area contributed by atoms with Crippen molar-refractivity contribution in [2.75, 3.05) is 31.6 Å². The molecule has 0 aromatic heterocycles. The zero-order chi connectivity index (χ0) is 32.4. The van der Waals surface area contributed by atoms with Crippen LogP contribution in [0.25, 0.3) is 0 Å². The van der Waals surface area contributed by atoms with E-state index in [-0.39, 0.29) is 28.8 Å². The molecule has 2 amide bonds. The summed E-state index contributed by atoms with van der Waals surface area (Å²) in [4.78, 5) is 29.0. The zero-order valence-corrected chi connectivity index (χ0v) is 27.9. The van der Waals surface area contributed by atoms with Crippen LogP contribution < -0.4 is 19.1 Å². The van der Waals surface area contributed by atoms with Crippen LogP contribution in [0.15, 0.2) is 65.6 Å². The van der Waals surface area contributed by atoms with Gasteiger partial charge in [0.05, 0.1) is 34.8 Å². The molecule has 1 atom stereocenters. The number of hydrogen-bond donors (Lipinski definition) is 1. The van der Waals surface area contributed by atoms with Crippen molar-refractivity contribution in [1.29, 1.82) is 0 Å². The molecule has 0 heterocycles. The van der Waals surface area contributed by atoms with Crippen LogP contribution >= 0.6 is 23.2 Å². The van der Waals surface area contributed by atoms with Crippen molar-refractivity contribution in [3.05, 3.63) is 81.8 Å². The molecular formula is C32H39Cl2N3O6S. The van der Waals surface area contributed by atoms with Crippen LogP contribution in [0, 0.1) is 6.92 Å². The Morgan fingerprint density at radius 3 is 2.18 bits per heavy atom. The second kappa shape index (κ2) is 16.0. The number of unbranched alkanes of at least 4 members (excludes halogenated alkanes) is 1. The smallest absolute Gasteiger partial charge is 0.264 e. The largest absolute Gasteiger partial charge is 0.493 e. The average molecular weight is 665 g/mol. The predicted octanol–water partition coefficient (Wildman–Crippen LogP) is 6.24. The van der Waals surface area contributed by atoms with Crippen molar-refractivity contribution in [2.45, 2.75) is 57.5 Å². The zero-order valence-electron chi connectivity index (χ0n) is 25.6. The van der Waals surface area contributed by atoms with E-state index in [0.717, 1.165) is 22.7 Å². The lowest BCUT2D eigenvalue weighted by atomic mass is 10.1. The van der Waals surface area contributed by atoms with Crippen LogP contribution in [-0.4, -0.2) is 58.5 Å². The van der Waals surface area contributed by atoms with E-state index >= 15 is 0 Å². The number of anilines is 1. The molecule has 44 heavy (non-hydrogen) atoms. The molecule has 1 unspecified atom stereocenters. The molecule has 0 fully saturated rings. The molecule has 0 spiro atoms. The maximum absolute atomic E-state index is 14.3. The minimum atomic E-state index is -4.25. The van der Waals surface area contributed by atoms with Crippen LogP contribution in [0.2, 0.25) is 10.0 Å². The first-order valence-electron chi connectivity index (χ1n) is 14.3. The van der Waals surface area contributed by atoms with Gasteiger partial charge < -0.3 is 19.7 Å². The summed E-state index contributed by atoms with van der Waals surface area (Å²) in [5, 5.41) is 3.55. The van der Waals surface area contributed by atoms with Gasteiger partial charge in [-0.1, -0.05) is 67.2 Å². The molecule has 0 saturated heterocycles. The minimum Gasteiger partial charge on any atom is -0.493 e. The van der Waals surface area contributed by atoms with E-state index in [2.05, 4.69) is 5.32 Å². The fraction of sp³-hybridized carbons (Fsp3) is 0.375. The summed E-state index contributed by atoms with van der Waals surface area (Å²) in [7, 11) is -1.34.